The minimum atomic E-state index is -0.277. The van der Waals surface area contributed by atoms with Crippen LogP contribution in [0.5, 0.6) is 0 Å². The van der Waals surface area contributed by atoms with Crippen molar-refractivity contribution in [3.05, 3.63) is 59.4 Å². The van der Waals surface area contributed by atoms with Crippen LogP contribution in [-0.4, -0.2) is 30.8 Å². The van der Waals surface area contributed by atoms with Crippen molar-refractivity contribution in [2.24, 2.45) is 0 Å². The van der Waals surface area contributed by atoms with Gasteiger partial charge in [0.05, 0.1) is 5.25 Å². The highest BCUT2D eigenvalue weighted by Crippen LogP contribution is 2.28. The molecule has 0 N–H and O–H groups in total. The van der Waals surface area contributed by atoms with Crippen LogP contribution in [0.4, 0.5) is 0 Å². The lowest BCUT2D eigenvalue weighted by atomic mass is 10.1. The van der Waals surface area contributed by atoms with Gasteiger partial charge in [0.2, 0.25) is 0 Å². The smallest absolute Gasteiger partial charge is 0.192 e. The van der Waals surface area contributed by atoms with Gasteiger partial charge < -0.3 is 4.57 Å². The van der Waals surface area contributed by atoms with Crippen molar-refractivity contribution < 1.29 is 4.79 Å². The summed E-state index contributed by atoms with van der Waals surface area (Å²) in [5.74, 6) is 0.816. The number of thioether (sulfide) groups is 1. The fraction of sp³-hybridized carbons (Fsp3) is 0.222. The molecule has 7 heteroatoms. The highest BCUT2D eigenvalue weighted by Gasteiger charge is 2.21. The average Bonchev–Trinajstić information content (AvgIpc) is 3.05. The molecule has 0 saturated carbocycles. The third kappa shape index (κ3) is 3.91. The molecule has 0 saturated heterocycles. The van der Waals surface area contributed by atoms with E-state index in [1.54, 1.807) is 36.7 Å². The molecule has 1 atom stereocenters. The minimum Gasteiger partial charge on any atom is -0.302 e. The molecule has 0 bridgehead atoms. The monoisotopic (exact) mass is 372 g/mol. The molecule has 0 radical (unpaired) electrons. The largest absolute Gasteiger partial charge is 0.302 e. The number of aromatic nitrogens is 4. The van der Waals surface area contributed by atoms with Crippen molar-refractivity contribution in [2.75, 3.05) is 0 Å². The number of hydrogen-bond donors (Lipinski definition) is 0. The second kappa shape index (κ2) is 7.80. The highest BCUT2D eigenvalue weighted by molar-refractivity contribution is 8.00. The topological polar surface area (TPSA) is 60.7 Å². The van der Waals surface area contributed by atoms with Gasteiger partial charge in [-0.2, -0.15) is 0 Å². The molecular formula is C18H17ClN4OS. The van der Waals surface area contributed by atoms with Crippen LogP contribution >= 0.6 is 23.4 Å². The average molecular weight is 373 g/mol. The lowest BCUT2D eigenvalue weighted by Gasteiger charge is -2.11. The Balaban J connectivity index is 1.82. The molecule has 25 heavy (non-hydrogen) atoms. The number of pyridine rings is 1. The lowest BCUT2D eigenvalue weighted by Crippen LogP contribution is -2.14. The molecule has 3 aromatic rings. The lowest BCUT2D eigenvalue weighted by molar-refractivity contribution is 0.0994. The molecule has 0 aliphatic carbocycles. The van der Waals surface area contributed by atoms with Crippen molar-refractivity contribution in [2.45, 2.75) is 30.8 Å². The fourth-order valence-corrected chi connectivity index (χ4v) is 3.55. The minimum absolute atomic E-state index is 0.0396. The number of carbonyl (C=O) groups excluding carboxylic acids is 1. The van der Waals surface area contributed by atoms with Crippen molar-refractivity contribution in [1.29, 1.82) is 0 Å². The second-order valence-electron chi connectivity index (χ2n) is 5.42. The van der Waals surface area contributed by atoms with Gasteiger partial charge in [0.15, 0.2) is 16.8 Å². The molecular weight excluding hydrogens is 356 g/mol. The summed E-state index contributed by atoms with van der Waals surface area (Å²) in [5, 5.41) is 9.63. The molecule has 0 spiro atoms. The van der Waals surface area contributed by atoms with Gasteiger partial charge in [-0.25, -0.2) is 0 Å². The Hall–Kier alpha value is -2.18. The number of hydrogen-bond acceptors (Lipinski definition) is 5. The van der Waals surface area contributed by atoms with Gasteiger partial charge in [-0.15, -0.1) is 10.2 Å². The van der Waals surface area contributed by atoms with Gasteiger partial charge in [-0.05, 0) is 50.2 Å². The summed E-state index contributed by atoms with van der Waals surface area (Å²) in [6.45, 7) is 4.63. The quantitative estimate of drug-likeness (QED) is 0.474. The Kier molecular flexibility index (Phi) is 5.50. The van der Waals surface area contributed by atoms with E-state index in [9.17, 15) is 4.79 Å². The van der Waals surface area contributed by atoms with Crippen molar-refractivity contribution >= 4 is 29.1 Å². The van der Waals surface area contributed by atoms with E-state index in [1.165, 1.54) is 11.8 Å². The van der Waals surface area contributed by atoms with Gasteiger partial charge in [0.1, 0.15) is 0 Å². The Labute approximate surface area is 155 Å². The molecule has 0 aliphatic heterocycles. The van der Waals surface area contributed by atoms with E-state index in [4.69, 9.17) is 11.6 Å². The second-order valence-corrected chi connectivity index (χ2v) is 7.16. The molecule has 128 valence electrons. The van der Waals surface area contributed by atoms with E-state index in [0.717, 1.165) is 23.1 Å². The maximum Gasteiger partial charge on any atom is 0.192 e. The first-order valence-electron chi connectivity index (χ1n) is 7.90. The Morgan fingerprint density at radius 1 is 1.16 bits per heavy atom. The van der Waals surface area contributed by atoms with E-state index >= 15 is 0 Å². The number of nitrogens with zero attached hydrogens (tertiary/aromatic N) is 4. The predicted octanol–water partition coefficient (Wildman–Crippen LogP) is 4.38. The Bertz CT molecular complexity index is 865. The summed E-state index contributed by atoms with van der Waals surface area (Å²) in [5.41, 5.74) is 1.59. The highest BCUT2D eigenvalue weighted by atomic mass is 35.5. The third-order valence-electron chi connectivity index (χ3n) is 3.75. The van der Waals surface area contributed by atoms with Crippen LogP contribution in [0.25, 0.3) is 11.4 Å². The first-order valence-corrected chi connectivity index (χ1v) is 9.16. The van der Waals surface area contributed by atoms with Crippen molar-refractivity contribution in [1.82, 2.24) is 19.7 Å². The Morgan fingerprint density at radius 2 is 1.84 bits per heavy atom. The molecule has 0 aliphatic rings. The molecule has 2 heterocycles. The molecule has 1 unspecified atom stereocenters. The van der Waals surface area contributed by atoms with Crippen LogP contribution in [0, 0.1) is 0 Å². The fourth-order valence-electron chi connectivity index (χ4n) is 2.44. The maximum absolute atomic E-state index is 12.6. The maximum atomic E-state index is 12.6. The summed E-state index contributed by atoms with van der Waals surface area (Å²) in [6.07, 6.45) is 3.45. The number of Topliss-reactive ketones (excluding diaryl/α,β-unsaturated/α-hetero) is 1. The normalized spacial score (nSPS) is 12.1. The van der Waals surface area contributed by atoms with E-state index in [1.807, 2.05) is 30.5 Å². The Morgan fingerprint density at radius 3 is 2.48 bits per heavy atom. The van der Waals surface area contributed by atoms with Crippen LogP contribution in [0.3, 0.4) is 0 Å². The van der Waals surface area contributed by atoms with Gasteiger partial charge in [0, 0.05) is 35.1 Å². The van der Waals surface area contributed by atoms with E-state index in [-0.39, 0.29) is 11.0 Å². The molecule has 2 aromatic heterocycles. The summed E-state index contributed by atoms with van der Waals surface area (Å²) < 4.78 is 2.01. The number of ketones is 1. The van der Waals surface area contributed by atoms with E-state index in [2.05, 4.69) is 15.2 Å². The molecule has 5 nitrogen and oxygen atoms in total. The molecule has 3 rings (SSSR count). The zero-order valence-corrected chi connectivity index (χ0v) is 15.5. The zero-order valence-electron chi connectivity index (χ0n) is 13.9. The molecule has 0 amide bonds. The first-order chi connectivity index (χ1) is 12.1. The van der Waals surface area contributed by atoms with Crippen LogP contribution in [-0.2, 0) is 6.54 Å². The van der Waals surface area contributed by atoms with Crippen molar-refractivity contribution in [3.63, 3.8) is 0 Å². The summed E-state index contributed by atoms with van der Waals surface area (Å²) >= 11 is 7.29. The summed E-state index contributed by atoms with van der Waals surface area (Å²) in [7, 11) is 0. The van der Waals surface area contributed by atoms with Gasteiger partial charge in [-0.1, -0.05) is 23.4 Å². The van der Waals surface area contributed by atoms with Crippen LogP contribution in [0.15, 0.2) is 53.9 Å². The summed E-state index contributed by atoms with van der Waals surface area (Å²) in [4.78, 5) is 16.6. The van der Waals surface area contributed by atoms with Gasteiger partial charge >= 0.3 is 0 Å². The van der Waals surface area contributed by atoms with Crippen molar-refractivity contribution in [3.8, 4) is 11.4 Å². The molecule has 0 fully saturated rings. The van der Waals surface area contributed by atoms with Crippen LogP contribution in [0.1, 0.15) is 24.2 Å². The number of halogens is 1. The van der Waals surface area contributed by atoms with E-state index < -0.39 is 0 Å². The van der Waals surface area contributed by atoms with Crippen LogP contribution < -0.4 is 0 Å². The van der Waals surface area contributed by atoms with Gasteiger partial charge in [0.25, 0.3) is 0 Å². The predicted molar refractivity (Wildman–Crippen MR) is 100 cm³/mol. The standard InChI is InChI=1S/C18H17ClN4OS/c1-3-23-17(14-8-10-20-11-9-14)21-22-18(23)25-12(2)16(24)13-4-6-15(19)7-5-13/h4-12H,3H2,1-2H3. The molecule has 1 aromatic carbocycles. The van der Waals surface area contributed by atoms with Crippen LogP contribution in [0.2, 0.25) is 5.02 Å². The van der Waals surface area contributed by atoms with E-state index in [0.29, 0.717) is 10.6 Å². The number of carbonyl (C=O) groups is 1. The SMILES string of the molecule is CCn1c(SC(C)C(=O)c2ccc(Cl)cc2)nnc1-c1ccncc1. The third-order valence-corrected chi connectivity index (χ3v) is 5.08. The summed E-state index contributed by atoms with van der Waals surface area (Å²) in [6, 6.07) is 10.7. The number of rotatable bonds is 6. The number of benzene rings is 1. The van der Waals surface area contributed by atoms with Gasteiger partial charge in [-0.3, -0.25) is 9.78 Å². The first kappa shape index (κ1) is 17.6. The zero-order chi connectivity index (χ0) is 17.8.